The molecule has 0 bridgehead atoms. The van der Waals surface area contributed by atoms with E-state index in [1.807, 2.05) is 0 Å². The van der Waals surface area contributed by atoms with E-state index < -0.39 is 23.8 Å². The zero-order valence-corrected chi connectivity index (χ0v) is 19.3. The summed E-state index contributed by atoms with van der Waals surface area (Å²) in [5, 5.41) is 2.85. The van der Waals surface area contributed by atoms with Gasteiger partial charge in [-0.2, -0.15) is 13.2 Å². The van der Waals surface area contributed by atoms with Gasteiger partial charge in [-0.1, -0.05) is 23.2 Å². The number of furan rings is 1. The molecule has 12 heteroatoms. The van der Waals surface area contributed by atoms with Gasteiger partial charge in [0.2, 0.25) is 0 Å². The first-order valence-corrected chi connectivity index (χ1v) is 11.1. The molecule has 1 aliphatic heterocycles. The first-order chi connectivity index (χ1) is 16.5. The number of hydrogen-bond acceptors (Lipinski definition) is 4. The van der Waals surface area contributed by atoms with Crippen molar-refractivity contribution in [3.8, 4) is 11.3 Å². The van der Waals surface area contributed by atoms with Crippen molar-refractivity contribution >= 4 is 46.4 Å². The van der Waals surface area contributed by atoms with Crippen molar-refractivity contribution in [3.05, 3.63) is 70.2 Å². The van der Waals surface area contributed by atoms with Crippen LogP contribution in [0.1, 0.15) is 10.6 Å². The van der Waals surface area contributed by atoms with Crippen molar-refractivity contribution in [1.29, 1.82) is 0 Å². The molecular formula is C23H17Cl2F4N3O3. The summed E-state index contributed by atoms with van der Waals surface area (Å²) < 4.78 is 56.8. The standard InChI is InChI=1S/C23H17Cl2F4N3O3/c24-15-11-13(1-3-17(15)26)19-5-6-20(35-19)21(33)30-14-2-4-18(16(25)12-14)31-7-9-32(10-8-31)22(34)23(27,28)29/h1-6,11-12H,7-10H2,(H,30,33). The number of carbonyl (C=O) groups is 2. The molecule has 0 aliphatic carbocycles. The van der Waals surface area contributed by atoms with Crippen molar-refractivity contribution < 1.29 is 31.6 Å². The Labute approximate surface area is 207 Å². The topological polar surface area (TPSA) is 65.8 Å². The fraction of sp³-hybridized carbons (Fsp3) is 0.217. The Bertz CT molecular complexity index is 1270. The average molecular weight is 530 g/mol. The molecule has 1 N–H and O–H groups in total. The molecule has 1 saturated heterocycles. The fourth-order valence-corrected chi connectivity index (χ4v) is 4.11. The number of anilines is 2. The Balaban J connectivity index is 1.40. The van der Waals surface area contributed by atoms with Crippen LogP contribution in [0.2, 0.25) is 10.0 Å². The molecule has 0 saturated carbocycles. The number of benzene rings is 2. The summed E-state index contributed by atoms with van der Waals surface area (Å²) in [7, 11) is 0. The van der Waals surface area contributed by atoms with Crippen LogP contribution in [0.4, 0.5) is 28.9 Å². The summed E-state index contributed by atoms with van der Waals surface area (Å²) in [5.74, 6) is -2.64. The third kappa shape index (κ3) is 5.54. The van der Waals surface area contributed by atoms with Gasteiger partial charge in [-0.15, -0.1) is 0 Å². The summed E-state index contributed by atoms with van der Waals surface area (Å²) in [6.07, 6.45) is -4.90. The second-order valence-electron chi connectivity index (χ2n) is 7.69. The highest BCUT2D eigenvalue weighted by atomic mass is 35.5. The molecule has 1 aromatic heterocycles. The molecule has 0 atom stereocenters. The van der Waals surface area contributed by atoms with E-state index >= 15 is 0 Å². The van der Waals surface area contributed by atoms with Gasteiger partial charge in [0.15, 0.2) is 5.76 Å². The van der Waals surface area contributed by atoms with Crippen LogP contribution in [0.5, 0.6) is 0 Å². The highest BCUT2D eigenvalue weighted by Gasteiger charge is 2.43. The maximum absolute atomic E-state index is 13.4. The first-order valence-electron chi connectivity index (χ1n) is 10.3. The second-order valence-corrected chi connectivity index (χ2v) is 8.50. The number of amides is 2. The Morgan fingerprint density at radius 3 is 2.26 bits per heavy atom. The summed E-state index contributed by atoms with van der Waals surface area (Å²) in [6, 6.07) is 11.8. The molecule has 2 amide bonds. The molecule has 1 fully saturated rings. The van der Waals surface area contributed by atoms with E-state index in [-0.39, 0.29) is 42.0 Å². The van der Waals surface area contributed by atoms with E-state index in [9.17, 15) is 27.2 Å². The maximum atomic E-state index is 13.4. The van der Waals surface area contributed by atoms with Crippen molar-refractivity contribution in [2.45, 2.75) is 6.18 Å². The molecule has 0 radical (unpaired) electrons. The van der Waals surface area contributed by atoms with E-state index in [1.165, 1.54) is 30.3 Å². The van der Waals surface area contributed by atoms with Gasteiger partial charge < -0.3 is 19.5 Å². The molecule has 0 unspecified atom stereocenters. The summed E-state index contributed by atoms with van der Waals surface area (Å²) in [5.41, 5.74) is 1.44. The number of carbonyl (C=O) groups excluding carboxylic acids is 2. The predicted octanol–water partition coefficient (Wildman–Crippen LogP) is 5.86. The van der Waals surface area contributed by atoms with E-state index in [2.05, 4.69) is 5.32 Å². The Morgan fingerprint density at radius 1 is 0.914 bits per heavy atom. The van der Waals surface area contributed by atoms with E-state index in [0.29, 0.717) is 22.7 Å². The highest BCUT2D eigenvalue weighted by Crippen LogP contribution is 2.31. The first kappa shape index (κ1) is 24.9. The van der Waals surface area contributed by atoms with Crippen LogP contribution in [-0.2, 0) is 4.79 Å². The second kappa shape index (κ2) is 9.79. The van der Waals surface area contributed by atoms with Gasteiger partial charge in [0.1, 0.15) is 11.6 Å². The minimum Gasteiger partial charge on any atom is -0.451 e. The van der Waals surface area contributed by atoms with Crippen molar-refractivity contribution in [3.63, 3.8) is 0 Å². The molecule has 3 aromatic rings. The van der Waals surface area contributed by atoms with Gasteiger partial charge in [0.05, 0.1) is 15.7 Å². The predicted molar refractivity (Wildman–Crippen MR) is 123 cm³/mol. The monoisotopic (exact) mass is 529 g/mol. The van der Waals surface area contributed by atoms with Gasteiger partial charge in [0.25, 0.3) is 5.91 Å². The largest absolute Gasteiger partial charge is 0.471 e. The summed E-state index contributed by atoms with van der Waals surface area (Å²) >= 11 is 12.1. The Morgan fingerprint density at radius 2 is 1.63 bits per heavy atom. The van der Waals surface area contributed by atoms with Crippen LogP contribution >= 0.6 is 23.2 Å². The molecule has 0 spiro atoms. The molecule has 2 aromatic carbocycles. The van der Waals surface area contributed by atoms with E-state index in [0.717, 1.165) is 4.90 Å². The number of halogens is 6. The molecule has 2 heterocycles. The van der Waals surface area contributed by atoms with Gasteiger partial charge >= 0.3 is 12.1 Å². The molecule has 4 rings (SSSR count). The lowest BCUT2D eigenvalue weighted by atomic mass is 10.2. The minimum absolute atomic E-state index is 0.00565. The quantitative estimate of drug-likeness (QED) is 0.430. The van der Waals surface area contributed by atoms with Gasteiger partial charge in [0, 0.05) is 37.4 Å². The number of hydrogen-bond donors (Lipinski definition) is 1. The maximum Gasteiger partial charge on any atom is 0.471 e. The molecule has 1 aliphatic rings. The normalized spacial score (nSPS) is 14.2. The summed E-state index contributed by atoms with van der Waals surface area (Å²) in [6.45, 7) is 0.173. The fourth-order valence-electron chi connectivity index (χ4n) is 3.63. The van der Waals surface area contributed by atoms with Crippen molar-refractivity contribution in [2.24, 2.45) is 0 Å². The third-order valence-corrected chi connectivity index (χ3v) is 5.98. The smallest absolute Gasteiger partial charge is 0.451 e. The van der Waals surface area contributed by atoms with Gasteiger partial charge in [-0.25, -0.2) is 4.39 Å². The van der Waals surface area contributed by atoms with Crippen LogP contribution in [0, 0.1) is 5.82 Å². The van der Waals surface area contributed by atoms with Gasteiger partial charge in [-0.3, -0.25) is 9.59 Å². The lowest BCUT2D eigenvalue weighted by Crippen LogP contribution is -2.52. The molecule has 184 valence electrons. The van der Waals surface area contributed by atoms with Crippen LogP contribution in [0.25, 0.3) is 11.3 Å². The van der Waals surface area contributed by atoms with Crippen LogP contribution < -0.4 is 10.2 Å². The van der Waals surface area contributed by atoms with Crippen molar-refractivity contribution in [1.82, 2.24) is 4.90 Å². The lowest BCUT2D eigenvalue weighted by molar-refractivity contribution is -0.185. The lowest BCUT2D eigenvalue weighted by Gasteiger charge is -2.36. The van der Waals surface area contributed by atoms with Crippen molar-refractivity contribution in [2.75, 3.05) is 36.4 Å². The summed E-state index contributed by atoms with van der Waals surface area (Å²) in [4.78, 5) is 26.5. The highest BCUT2D eigenvalue weighted by molar-refractivity contribution is 6.33. The van der Waals surface area contributed by atoms with Crippen LogP contribution in [0.3, 0.4) is 0 Å². The average Bonchev–Trinajstić information content (AvgIpc) is 3.31. The number of nitrogens with one attached hydrogen (secondary N) is 1. The molecule has 35 heavy (non-hydrogen) atoms. The number of rotatable bonds is 4. The number of alkyl halides is 3. The zero-order valence-electron chi connectivity index (χ0n) is 17.8. The number of piperazine rings is 1. The minimum atomic E-state index is -4.90. The molecule has 6 nitrogen and oxygen atoms in total. The Hall–Kier alpha value is -3.24. The Kier molecular flexibility index (Phi) is 6.95. The third-order valence-electron chi connectivity index (χ3n) is 5.39. The zero-order chi connectivity index (χ0) is 25.3. The van der Waals surface area contributed by atoms with E-state index in [1.54, 1.807) is 23.1 Å². The SMILES string of the molecule is O=C(Nc1ccc(N2CCN(C(=O)C(F)(F)F)CC2)c(Cl)c1)c1ccc(-c2ccc(F)c(Cl)c2)o1. The number of nitrogens with zero attached hydrogens (tertiary/aromatic N) is 2. The van der Waals surface area contributed by atoms with Crippen LogP contribution in [-0.4, -0.2) is 49.1 Å². The van der Waals surface area contributed by atoms with Crippen LogP contribution in [0.15, 0.2) is 52.9 Å². The van der Waals surface area contributed by atoms with Gasteiger partial charge in [-0.05, 0) is 48.5 Å². The molecular weight excluding hydrogens is 513 g/mol. The van der Waals surface area contributed by atoms with E-state index in [4.69, 9.17) is 27.6 Å².